The number of rotatable bonds is 3. The van der Waals surface area contributed by atoms with E-state index in [0.29, 0.717) is 0 Å². The minimum Gasteiger partial charge on any atom is -0.330 e. The van der Waals surface area contributed by atoms with E-state index in [1.165, 1.54) is 0 Å². The van der Waals surface area contributed by atoms with Crippen molar-refractivity contribution in [2.45, 2.75) is 27.2 Å². The molecule has 0 aliphatic carbocycles. The molecule has 0 rings (SSSR count). The Morgan fingerprint density at radius 3 is 1.40 bits per heavy atom. The maximum Gasteiger partial charge on any atom is -0.00504 e. The van der Waals surface area contributed by atoms with Crippen molar-refractivity contribution in [3.8, 4) is 0 Å². The molecule has 0 saturated heterocycles. The van der Waals surface area contributed by atoms with Crippen LogP contribution in [0.4, 0.5) is 0 Å². The van der Waals surface area contributed by atoms with E-state index < -0.39 is 0 Å². The first kappa shape index (κ1) is 12.6. The summed E-state index contributed by atoms with van der Waals surface area (Å²) in [7, 11) is 2.11. The Bertz CT molecular complexity index is 40.5. The number of hydrogen-bond donors (Lipinski definition) is 1. The molecule has 2 N–H and O–H groups in total. The van der Waals surface area contributed by atoms with Crippen LogP contribution in [0.25, 0.3) is 0 Å². The van der Waals surface area contributed by atoms with Gasteiger partial charge in [0.15, 0.2) is 0 Å². The van der Waals surface area contributed by atoms with Gasteiger partial charge in [0.1, 0.15) is 0 Å². The molecule has 0 unspecified atom stereocenters. The molecule has 2 heteroatoms. The van der Waals surface area contributed by atoms with E-state index in [1.807, 2.05) is 0 Å². The zero-order valence-electron chi connectivity index (χ0n) is 7.85. The van der Waals surface area contributed by atoms with E-state index in [-0.39, 0.29) is 0 Å². The van der Waals surface area contributed by atoms with Crippen molar-refractivity contribution in [1.29, 1.82) is 0 Å². The molecule has 0 spiro atoms. The van der Waals surface area contributed by atoms with Crippen LogP contribution in [0.5, 0.6) is 0 Å². The Morgan fingerprint density at radius 1 is 1.10 bits per heavy atom. The summed E-state index contributed by atoms with van der Waals surface area (Å²) in [4.78, 5) is 2.25. The highest BCUT2D eigenvalue weighted by atomic mass is 15.1. The molecule has 0 saturated carbocycles. The summed E-state index contributed by atoms with van der Waals surface area (Å²) in [6, 6.07) is 0. The lowest BCUT2D eigenvalue weighted by Gasteiger charge is -2.07. The smallest absolute Gasteiger partial charge is 0.00504 e. The van der Waals surface area contributed by atoms with E-state index in [2.05, 4.69) is 32.7 Å². The van der Waals surface area contributed by atoms with Gasteiger partial charge < -0.3 is 10.6 Å². The Labute approximate surface area is 65.4 Å². The number of hydrogen-bond acceptors (Lipinski definition) is 2. The summed E-state index contributed by atoms with van der Waals surface area (Å²) in [6.07, 6.45) is 1.10. The summed E-state index contributed by atoms with van der Waals surface area (Å²) in [6.45, 7) is 9.51. The molecule has 0 aromatic rings. The first-order chi connectivity index (χ1) is 4.72. The maximum absolute atomic E-state index is 5.03. The topological polar surface area (TPSA) is 29.3 Å². The third kappa shape index (κ3) is 15.7. The minimum atomic E-state index is 0.819. The molecule has 0 atom stereocenters. The predicted molar refractivity (Wildman–Crippen MR) is 48.2 cm³/mol. The lowest BCUT2D eigenvalue weighted by Crippen LogP contribution is -2.15. The van der Waals surface area contributed by atoms with Crippen LogP contribution < -0.4 is 5.73 Å². The molecule has 0 aliphatic heterocycles. The lowest BCUT2D eigenvalue weighted by atomic mass is 10.5. The largest absolute Gasteiger partial charge is 0.330 e. The Balaban J connectivity index is 0. The Kier molecular flexibility index (Phi) is 14.7. The van der Waals surface area contributed by atoms with Gasteiger partial charge in [-0.05, 0) is 33.1 Å². The quantitative estimate of drug-likeness (QED) is 0.650. The second-order valence-corrected chi connectivity index (χ2v) is 2.28. The molecule has 2 nitrogen and oxygen atoms in total. The number of nitrogens with two attached hydrogens (primary N) is 1. The normalized spacial score (nSPS) is 9.00. The highest BCUT2D eigenvalue weighted by Crippen LogP contribution is 1.73. The Morgan fingerprint density at radius 2 is 1.40 bits per heavy atom. The third-order valence-corrected chi connectivity index (χ3v) is 1.37. The highest BCUT2D eigenvalue weighted by Gasteiger charge is 1.81. The maximum atomic E-state index is 5.03. The van der Waals surface area contributed by atoms with Crippen LogP contribution >= 0.6 is 0 Å². The van der Waals surface area contributed by atoms with E-state index in [0.717, 1.165) is 26.1 Å². The van der Waals surface area contributed by atoms with Crippen molar-refractivity contribution in [3.05, 3.63) is 0 Å². The summed E-state index contributed by atoms with van der Waals surface area (Å²) in [5.74, 6) is 0. The standard InChI is InChI=1S/C5H13N.C3H9N/c1-4-6(3)5-2;1-2-3-4/h4-5H2,1-3H3;2-4H2,1H3. The fourth-order valence-corrected chi connectivity index (χ4v) is 0.224. The zero-order valence-corrected chi connectivity index (χ0v) is 7.85. The molecule has 64 valence electrons. The van der Waals surface area contributed by atoms with Gasteiger partial charge in [-0.25, -0.2) is 0 Å². The summed E-state index contributed by atoms with van der Waals surface area (Å²) < 4.78 is 0. The van der Waals surface area contributed by atoms with Crippen LogP contribution in [0.15, 0.2) is 0 Å². The van der Waals surface area contributed by atoms with E-state index in [4.69, 9.17) is 5.73 Å². The second kappa shape index (κ2) is 11.7. The van der Waals surface area contributed by atoms with E-state index >= 15 is 0 Å². The SMILES string of the molecule is CCCN.CCN(C)CC. The van der Waals surface area contributed by atoms with Crippen molar-refractivity contribution in [2.24, 2.45) is 5.73 Å². The molecule has 0 amide bonds. The van der Waals surface area contributed by atoms with Gasteiger partial charge in [0, 0.05) is 0 Å². The highest BCUT2D eigenvalue weighted by molar-refractivity contribution is 4.36. The molecule has 0 aliphatic rings. The van der Waals surface area contributed by atoms with Gasteiger partial charge in [0.2, 0.25) is 0 Å². The van der Waals surface area contributed by atoms with E-state index in [9.17, 15) is 0 Å². The molecule has 0 heterocycles. The average molecular weight is 146 g/mol. The van der Waals surface area contributed by atoms with Gasteiger partial charge in [-0.15, -0.1) is 0 Å². The second-order valence-electron chi connectivity index (χ2n) is 2.28. The summed E-state index contributed by atoms with van der Waals surface area (Å²) in [5.41, 5.74) is 5.03. The van der Waals surface area contributed by atoms with Crippen LogP contribution in [0.1, 0.15) is 27.2 Å². The fourth-order valence-electron chi connectivity index (χ4n) is 0.224. The van der Waals surface area contributed by atoms with Crippen LogP contribution in [0, 0.1) is 0 Å². The van der Waals surface area contributed by atoms with Gasteiger partial charge in [-0.1, -0.05) is 20.8 Å². The monoisotopic (exact) mass is 146 g/mol. The van der Waals surface area contributed by atoms with Gasteiger partial charge in [0.25, 0.3) is 0 Å². The van der Waals surface area contributed by atoms with Gasteiger partial charge in [0.05, 0.1) is 0 Å². The van der Waals surface area contributed by atoms with Gasteiger partial charge >= 0.3 is 0 Å². The number of nitrogens with zero attached hydrogens (tertiary/aromatic N) is 1. The Hall–Kier alpha value is -0.0800. The average Bonchev–Trinajstić information content (AvgIpc) is 2.03. The minimum absolute atomic E-state index is 0.819. The van der Waals surface area contributed by atoms with Crippen LogP contribution in [-0.4, -0.2) is 31.6 Å². The molecule has 0 radical (unpaired) electrons. The van der Waals surface area contributed by atoms with Crippen molar-refractivity contribution < 1.29 is 0 Å². The molecule has 0 aromatic heterocycles. The van der Waals surface area contributed by atoms with Gasteiger partial charge in [-0.2, -0.15) is 0 Å². The van der Waals surface area contributed by atoms with Crippen LogP contribution in [0.2, 0.25) is 0 Å². The van der Waals surface area contributed by atoms with Crippen molar-refractivity contribution >= 4 is 0 Å². The molecular weight excluding hydrogens is 124 g/mol. The van der Waals surface area contributed by atoms with Crippen LogP contribution in [0.3, 0.4) is 0 Å². The van der Waals surface area contributed by atoms with Crippen molar-refractivity contribution in [1.82, 2.24) is 4.90 Å². The zero-order chi connectivity index (χ0) is 8.41. The van der Waals surface area contributed by atoms with Crippen molar-refractivity contribution in [2.75, 3.05) is 26.7 Å². The van der Waals surface area contributed by atoms with Gasteiger partial charge in [-0.3, -0.25) is 0 Å². The molecule has 0 bridgehead atoms. The molecule has 10 heavy (non-hydrogen) atoms. The van der Waals surface area contributed by atoms with Crippen LogP contribution in [-0.2, 0) is 0 Å². The van der Waals surface area contributed by atoms with Crippen molar-refractivity contribution in [3.63, 3.8) is 0 Å². The lowest BCUT2D eigenvalue weighted by molar-refractivity contribution is 0.373. The third-order valence-electron chi connectivity index (χ3n) is 1.37. The molecule has 0 fully saturated rings. The molecular formula is C8H22N2. The first-order valence-electron chi connectivity index (χ1n) is 4.11. The predicted octanol–water partition coefficient (Wildman–Crippen LogP) is 1.31. The molecule has 0 aromatic carbocycles. The first-order valence-corrected chi connectivity index (χ1v) is 4.11. The summed E-state index contributed by atoms with van der Waals surface area (Å²) in [5, 5.41) is 0. The van der Waals surface area contributed by atoms with E-state index in [1.54, 1.807) is 0 Å². The summed E-state index contributed by atoms with van der Waals surface area (Å²) >= 11 is 0. The fraction of sp³-hybridized carbons (Fsp3) is 1.00.